The Balaban J connectivity index is 2.20. The Morgan fingerprint density at radius 2 is 1.72 bits per heavy atom. The Kier molecular flexibility index (Phi) is 4.58. The predicted molar refractivity (Wildman–Crippen MR) is 79.1 cm³/mol. The van der Waals surface area contributed by atoms with Crippen molar-refractivity contribution in [2.45, 2.75) is 39.2 Å². The van der Waals surface area contributed by atoms with Gasteiger partial charge in [0.15, 0.2) is 0 Å². The molecule has 0 heterocycles. The summed E-state index contributed by atoms with van der Waals surface area (Å²) in [6.07, 6.45) is 3.69. The average molecular weight is 286 g/mol. The van der Waals surface area contributed by atoms with Gasteiger partial charge in [0.1, 0.15) is 0 Å². The minimum Gasteiger partial charge on any atom is -0.324 e. The summed E-state index contributed by atoms with van der Waals surface area (Å²) in [4.78, 5) is 0. The molecular formula is C15H21Cl2N. The highest BCUT2D eigenvalue weighted by Crippen LogP contribution is 2.41. The Morgan fingerprint density at radius 3 is 2.33 bits per heavy atom. The van der Waals surface area contributed by atoms with E-state index in [4.69, 9.17) is 28.9 Å². The summed E-state index contributed by atoms with van der Waals surface area (Å²) in [5.74, 6) is 2.02. The molecule has 0 aromatic heterocycles. The first-order chi connectivity index (χ1) is 8.49. The molecule has 0 bridgehead atoms. The molecule has 1 saturated carbocycles. The van der Waals surface area contributed by atoms with Crippen molar-refractivity contribution in [1.29, 1.82) is 0 Å². The monoisotopic (exact) mass is 285 g/mol. The molecule has 2 N–H and O–H groups in total. The molecule has 1 aromatic carbocycles. The van der Waals surface area contributed by atoms with E-state index in [2.05, 4.69) is 13.8 Å². The van der Waals surface area contributed by atoms with Crippen LogP contribution in [0.1, 0.15) is 44.7 Å². The lowest BCUT2D eigenvalue weighted by Gasteiger charge is -2.35. The molecule has 1 aliphatic rings. The molecule has 18 heavy (non-hydrogen) atoms. The third-order valence-corrected chi connectivity index (χ3v) is 4.90. The lowest BCUT2D eigenvalue weighted by atomic mass is 9.72. The summed E-state index contributed by atoms with van der Waals surface area (Å²) in [7, 11) is 0. The first kappa shape index (κ1) is 14.2. The fraction of sp³-hybridized carbons (Fsp3) is 0.600. The van der Waals surface area contributed by atoms with E-state index in [0.717, 1.165) is 17.4 Å². The number of rotatable bonds is 2. The molecule has 0 spiro atoms. The molecule has 0 amide bonds. The average Bonchev–Trinajstić information content (AvgIpc) is 2.30. The highest BCUT2D eigenvalue weighted by molar-refractivity contribution is 6.42. The second-order valence-electron chi connectivity index (χ2n) is 5.85. The van der Waals surface area contributed by atoms with Crippen LogP contribution in [-0.4, -0.2) is 0 Å². The van der Waals surface area contributed by atoms with E-state index in [-0.39, 0.29) is 6.04 Å². The molecule has 2 rings (SSSR count). The van der Waals surface area contributed by atoms with Gasteiger partial charge >= 0.3 is 0 Å². The van der Waals surface area contributed by atoms with Gasteiger partial charge in [-0.2, -0.15) is 0 Å². The van der Waals surface area contributed by atoms with E-state index in [1.807, 2.05) is 18.2 Å². The zero-order valence-corrected chi connectivity index (χ0v) is 12.5. The Labute approximate surface area is 120 Å². The van der Waals surface area contributed by atoms with Crippen molar-refractivity contribution in [2.24, 2.45) is 23.5 Å². The number of hydrogen-bond acceptors (Lipinski definition) is 1. The smallest absolute Gasteiger partial charge is 0.0640 e. The molecule has 1 nitrogen and oxygen atoms in total. The molecule has 3 heteroatoms. The summed E-state index contributed by atoms with van der Waals surface area (Å²) in [5, 5.41) is 1.22. The Morgan fingerprint density at radius 1 is 1.11 bits per heavy atom. The zero-order valence-electron chi connectivity index (χ0n) is 11.0. The van der Waals surface area contributed by atoms with Crippen LogP contribution in [0.3, 0.4) is 0 Å². The summed E-state index contributed by atoms with van der Waals surface area (Å²) in [6, 6.07) is 5.75. The summed E-state index contributed by atoms with van der Waals surface area (Å²) in [6.45, 7) is 4.63. The van der Waals surface area contributed by atoms with Crippen LogP contribution < -0.4 is 5.73 Å². The normalized spacial score (nSPS) is 30.2. The van der Waals surface area contributed by atoms with Crippen LogP contribution in [-0.2, 0) is 0 Å². The van der Waals surface area contributed by atoms with Gasteiger partial charge in [0.2, 0.25) is 0 Å². The fourth-order valence-electron chi connectivity index (χ4n) is 3.33. The number of halogens is 2. The third-order valence-electron chi connectivity index (χ3n) is 4.06. The number of nitrogens with two attached hydrogens (primary N) is 1. The summed E-state index contributed by atoms with van der Waals surface area (Å²) < 4.78 is 0. The van der Waals surface area contributed by atoms with E-state index in [9.17, 15) is 0 Å². The van der Waals surface area contributed by atoms with Crippen LogP contribution in [0, 0.1) is 17.8 Å². The molecule has 0 aliphatic heterocycles. The SMILES string of the molecule is CC1CC(C)CC(C(N)c2cccc(Cl)c2Cl)C1. The van der Waals surface area contributed by atoms with Crippen molar-refractivity contribution < 1.29 is 0 Å². The van der Waals surface area contributed by atoms with Crippen LogP contribution in [0.15, 0.2) is 18.2 Å². The van der Waals surface area contributed by atoms with Crippen LogP contribution in [0.25, 0.3) is 0 Å². The van der Waals surface area contributed by atoms with Crippen molar-refractivity contribution in [3.8, 4) is 0 Å². The van der Waals surface area contributed by atoms with E-state index in [1.54, 1.807) is 0 Å². The van der Waals surface area contributed by atoms with Gasteiger partial charge in [-0.25, -0.2) is 0 Å². The molecule has 1 aromatic rings. The number of benzene rings is 1. The molecule has 3 unspecified atom stereocenters. The maximum atomic E-state index is 6.42. The van der Waals surface area contributed by atoms with Crippen LogP contribution in [0.2, 0.25) is 10.0 Å². The van der Waals surface area contributed by atoms with Gasteiger partial charge in [-0.15, -0.1) is 0 Å². The van der Waals surface area contributed by atoms with Crippen molar-refractivity contribution in [3.05, 3.63) is 33.8 Å². The lowest BCUT2D eigenvalue weighted by molar-refractivity contribution is 0.193. The maximum Gasteiger partial charge on any atom is 0.0640 e. The van der Waals surface area contributed by atoms with E-state index in [0.29, 0.717) is 16.0 Å². The highest BCUT2D eigenvalue weighted by atomic mass is 35.5. The van der Waals surface area contributed by atoms with Gasteiger partial charge in [0, 0.05) is 6.04 Å². The fourth-order valence-corrected chi connectivity index (χ4v) is 3.77. The van der Waals surface area contributed by atoms with Crippen molar-refractivity contribution in [3.63, 3.8) is 0 Å². The van der Waals surface area contributed by atoms with Gasteiger partial charge < -0.3 is 5.73 Å². The van der Waals surface area contributed by atoms with E-state index >= 15 is 0 Å². The molecule has 1 fully saturated rings. The van der Waals surface area contributed by atoms with Crippen molar-refractivity contribution in [1.82, 2.24) is 0 Å². The van der Waals surface area contributed by atoms with Crippen LogP contribution >= 0.6 is 23.2 Å². The van der Waals surface area contributed by atoms with E-state index < -0.39 is 0 Å². The zero-order chi connectivity index (χ0) is 13.3. The third kappa shape index (κ3) is 3.01. The van der Waals surface area contributed by atoms with Gasteiger partial charge in [0.25, 0.3) is 0 Å². The summed E-state index contributed by atoms with van der Waals surface area (Å²) in [5.41, 5.74) is 7.42. The van der Waals surface area contributed by atoms with Crippen molar-refractivity contribution in [2.75, 3.05) is 0 Å². The maximum absolute atomic E-state index is 6.42. The highest BCUT2D eigenvalue weighted by Gasteiger charge is 2.30. The quantitative estimate of drug-likeness (QED) is 0.807. The molecular weight excluding hydrogens is 265 g/mol. The lowest BCUT2D eigenvalue weighted by Crippen LogP contribution is -2.29. The Hall–Kier alpha value is -0.240. The molecule has 1 aliphatic carbocycles. The predicted octanol–water partition coefficient (Wildman–Crippen LogP) is 5.07. The van der Waals surface area contributed by atoms with Gasteiger partial charge in [0.05, 0.1) is 10.0 Å². The standard InChI is InChI=1S/C15H21Cl2N/c1-9-6-10(2)8-11(7-9)15(18)12-4-3-5-13(16)14(12)17/h3-5,9-11,15H,6-8,18H2,1-2H3. The Bertz CT molecular complexity index is 409. The van der Waals surface area contributed by atoms with Crippen LogP contribution in [0.5, 0.6) is 0 Å². The second kappa shape index (κ2) is 5.81. The summed E-state index contributed by atoms with van der Waals surface area (Å²) >= 11 is 12.3. The van der Waals surface area contributed by atoms with E-state index in [1.165, 1.54) is 19.3 Å². The minimum absolute atomic E-state index is 0.00130. The first-order valence-corrected chi connectivity index (χ1v) is 7.44. The molecule has 0 saturated heterocycles. The topological polar surface area (TPSA) is 26.0 Å². The van der Waals surface area contributed by atoms with Crippen LogP contribution in [0.4, 0.5) is 0 Å². The van der Waals surface area contributed by atoms with Gasteiger partial charge in [-0.05, 0) is 48.6 Å². The molecule has 0 radical (unpaired) electrons. The van der Waals surface area contributed by atoms with Gasteiger partial charge in [-0.3, -0.25) is 0 Å². The molecule has 3 atom stereocenters. The second-order valence-corrected chi connectivity index (χ2v) is 6.63. The number of hydrogen-bond donors (Lipinski definition) is 1. The first-order valence-electron chi connectivity index (χ1n) is 6.68. The largest absolute Gasteiger partial charge is 0.324 e. The van der Waals surface area contributed by atoms with Gasteiger partial charge in [-0.1, -0.05) is 49.2 Å². The van der Waals surface area contributed by atoms with Crippen molar-refractivity contribution >= 4 is 23.2 Å². The molecule has 100 valence electrons. The minimum atomic E-state index is 0.00130.